The standard InChI is InChI=1S/C22H23N3O4/c26-21(23-13-18-7-3-11-28-18)22(27)24-14-19(20-8-4-12-29-20)25-10-9-16-5-1-2-6-17(16)15-25/h1-8,11-12,19H,9-10,13-15H2,(H,23,26)(H,24,27)/t19-/m1/s1. The summed E-state index contributed by atoms with van der Waals surface area (Å²) < 4.78 is 10.8. The normalized spacial score (nSPS) is 14.8. The molecule has 2 aromatic heterocycles. The molecule has 0 spiro atoms. The van der Waals surface area contributed by atoms with Crippen LogP contribution in [0.25, 0.3) is 0 Å². The van der Waals surface area contributed by atoms with Gasteiger partial charge in [-0.3, -0.25) is 14.5 Å². The fourth-order valence-electron chi connectivity index (χ4n) is 3.60. The molecule has 0 unspecified atom stereocenters. The van der Waals surface area contributed by atoms with Gasteiger partial charge in [0.2, 0.25) is 0 Å². The van der Waals surface area contributed by atoms with Crippen molar-refractivity contribution in [1.82, 2.24) is 15.5 Å². The van der Waals surface area contributed by atoms with Gasteiger partial charge in [0.1, 0.15) is 11.5 Å². The van der Waals surface area contributed by atoms with Gasteiger partial charge in [0.05, 0.1) is 25.1 Å². The van der Waals surface area contributed by atoms with E-state index in [0.717, 1.165) is 25.3 Å². The van der Waals surface area contributed by atoms with Gasteiger partial charge in [-0.2, -0.15) is 0 Å². The van der Waals surface area contributed by atoms with Crippen LogP contribution in [-0.4, -0.2) is 29.8 Å². The zero-order chi connectivity index (χ0) is 20.1. The number of carbonyl (C=O) groups excluding carboxylic acids is 2. The van der Waals surface area contributed by atoms with Crippen molar-refractivity contribution in [1.29, 1.82) is 0 Å². The summed E-state index contributed by atoms with van der Waals surface area (Å²) in [6.07, 6.45) is 4.08. The molecule has 0 aliphatic carbocycles. The molecule has 7 heteroatoms. The van der Waals surface area contributed by atoms with Gasteiger partial charge < -0.3 is 19.5 Å². The van der Waals surface area contributed by atoms with E-state index >= 15 is 0 Å². The quantitative estimate of drug-likeness (QED) is 0.628. The second-order valence-electron chi connectivity index (χ2n) is 6.99. The lowest BCUT2D eigenvalue weighted by Gasteiger charge is -2.34. The van der Waals surface area contributed by atoms with Crippen molar-refractivity contribution in [2.75, 3.05) is 13.1 Å². The summed E-state index contributed by atoms with van der Waals surface area (Å²) in [6, 6.07) is 15.4. The first-order valence-electron chi connectivity index (χ1n) is 9.63. The number of hydrogen-bond donors (Lipinski definition) is 2. The molecule has 1 aliphatic heterocycles. The molecule has 0 saturated heterocycles. The maximum absolute atomic E-state index is 12.3. The maximum Gasteiger partial charge on any atom is 0.309 e. The smallest absolute Gasteiger partial charge is 0.309 e. The van der Waals surface area contributed by atoms with E-state index < -0.39 is 11.8 Å². The highest BCUT2D eigenvalue weighted by atomic mass is 16.3. The van der Waals surface area contributed by atoms with Gasteiger partial charge in [-0.25, -0.2) is 0 Å². The largest absolute Gasteiger partial charge is 0.468 e. The van der Waals surface area contributed by atoms with Gasteiger partial charge >= 0.3 is 11.8 Å². The number of amides is 2. The molecule has 2 N–H and O–H groups in total. The monoisotopic (exact) mass is 393 g/mol. The van der Waals surface area contributed by atoms with Gasteiger partial charge in [-0.1, -0.05) is 24.3 Å². The summed E-state index contributed by atoms with van der Waals surface area (Å²) in [7, 11) is 0. The third kappa shape index (κ3) is 4.57. The number of rotatable bonds is 6. The van der Waals surface area contributed by atoms with Crippen LogP contribution in [0.4, 0.5) is 0 Å². The van der Waals surface area contributed by atoms with Crippen LogP contribution in [-0.2, 0) is 29.1 Å². The predicted molar refractivity (Wildman–Crippen MR) is 106 cm³/mol. The first kappa shape index (κ1) is 19.0. The minimum absolute atomic E-state index is 0.153. The van der Waals surface area contributed by atoms with Crippen LogP contribution in [0.3, 0.4) is 0 Å². The Balaban J connectivity index is 1.38. The van der Waals surface area contributed by atoms with Gasteiger partial charge in [0, 0.05) is 19.6 Å². The Morgan fingerprint density at radius 2 is 1.69 bits per heavy atom. The average molecular weight is 393 g/mol. The Labute approximate surface area is 168 Å². The van der Waals surface area contributed by atoms with E-state index in [0.29, 0.717) is 5.76 Å². The van der Waals surface area contributed by atoms with Crippen molar-refractivity contribution >= 4 is 11.8 Å². The molecule has 1 aromatic carbocycles. The average Bonchev–Trinajstić information content (AvgIpc) is 3.46. The van der Waals surface area contributed by atoms with E-state index in [1.165, 1.54) is 17.4 Å². The number of furan rings is 2. The first-order valence-corrected chi connectivity index (χ1v) is 9.63. The number of benzene rings is 1. The molecule has 0 fully saturated rings. The molecule has 1 atom stereocenters. The Bertz CT molecular complexity index is 950. The van der Waals surface area contributed by atoms with Crippen molar-refractivity contribution < 1.29 is 18.4 Å². The molecule has 3 heterocycles. The van der Waals surface area contributed by atoms with Gasteiger partial charge in [0.25, 0.3) is 0 Å². The second kappa shape index (κ2) is 8.79. The zero-order valence-electron chi connectivity index (χ0n) is 16.0. The zero-order valence-corrected chi connectivity index (χ0v) is 16.0. The molecule has 150 valence electrons. The van der Waals surface area contributed by atoms with E-state index in [9.17, 15) is 9.59 Å². The summed E-state index contributed by atoms with van der Waals surface area (Å²) in [4.78, 5) is 26.6. The topological polar surface area (TPSA) is 87.7 Å². The lowest BCUT2D eigenvalue weighted by atomic mass is 9.98. The molecule has 0 saturated carbocycles. The number of fused-ring (bicyclic) bond motifs is 1. The SMILES string of the molecule is O=C(NCc1ccco1)C(=O)NC[C@H](c1ccco1)N1CCc2ccccc2C1. The summed E-state index contributed by atoms with van der Waals surface area (Å²) in [5, 5.41) is 5.29. The summed E-state index contributed by atoms with van der Waals surface area (Å²) in [5.41, 5.74) is 2.63. The van der Waals surface area contributed by atoms with Crippen LogP contribution >= 0.6 is 0 Å². The molecule has 3 aromatic rings. The molecule has 4 rings (SSSR count). The highest BCUT2D eigenvalue weighted by Crippen LogP contribution is 2.27. The Kier molecular flexibility index (Phi) is 5.76. The van der Waals surface area contributed by atoms with Crippen molar-refractivity contribution in [3.05, 3.63) is 83.7 Å². The number of nitrogens with one attached hydrogen (secondary N) is 2. The predicted octanol–water partition coefficient (Wildman–Crippen LogP) is 2.40. The van der Waals surface area contributed by atoms with Gasteiger partial charge in [0.15, 0.2) is 0 Å². The van der Waals surface area contributed by atoms with Crippen LogP contribution < -0.4 is 10.6 Å². The van der Waals surface area contributed by atoms with E-state index in [4.69, 9.17) is 8.83 Å². The fraction of sp³-hybridized carbons (Fsp3) is 0.273. The Morgan fingerprint density at radius 1 is 0.931 bits per heavy atom. The Hall–Kier alpha value is -3.32. The van der Waals surface area contributed by atoms with Crippen molar-refractivity contribution in [2.45, 2.75) is 25.6 Å². The molecule has 1 aliphatic rings. The van der Waals surface area contributed by atoms with E-state index in [2.05, 4.69) is 33.7 Å². The number of nitrogens with zero attached hydrogens (tertiary/aromatic N) is 1. The molecule has 0 bridgehead atoms. The molecule has 2 amide bonds. The molecular weight excluding hydrogens is 370 g/mol. The lowest BCUT2D eigenvalue weighted by molar-refractivity contribution is -0.139. The van der Waals surface area contributed by atoms with Crippen LogP contribution in [0.2, 0.25) is 0 Å². The third-order valence-corrected chi connectivity index (χ3v) is 5.14. The van der Waals surface area contributed by atoms with Crippen molar-refractivity contribution in [2.24, 2.45) is 0 Å². The summed E-state index contributed by atoms with van der Waals surface area (Å²) in [6.45, 7) is 2.07. The van der Waals surface area contributed by atoms with E-state index in [1.54, 1.807) is 18.4 Å². The summed E-state index contributed by atoms with van der Waals surface area (Å²) in [5.74, 6) is -0.0126. The van der Waals surface area contributed by atoms with Crippen molar-refractivity contribution in [3.8, 4) is 0 Å². The summed E-state index contributed by atoms with van der Waals surface area (Å²) >= 11 is 0. The van der Waals surface area contributed by atoms with Crippen molar-refractivity contribution in [3.63, 3.8) is 0 Å². The van der Waals surface area contributed by atoms with Crippen LogP contribution in [0.15, 0.2) is 69.9 Å². The molecule has 7 nitrogen and oxygen atoms in total. The van der Waals surface area contributed by atoms with Crippen LogP contribution in [0.1, 0.15) is 28.7 Å². The molecule has 29 heavy (non-hydrogen) atoms. The van der Waals surface area contributed by atoms with E-state index in [1.807, 2.05) is 18.2 Å². The minimum Gasteiger partial charge on any atom is -0.468 e. The lowest BCUT2D eigenvalue weighted by Crippen LogP contribution is -2.44. The molecule has 0 radical (unpaired) electrons. The third-order valence-electron chi connectivity index (χ3n) is 5.14. The Morgan fingerprint density at radius 3 is 2.45 bits per heavy atom. The highest BCUT2D eigenvalue weighted by Gasteiger charge is 2.27. The number of carbonyl (C=O) groups is 2. The first-order chi connectivity index (χ1) is 14.2. The van der Waals surface area contributed by atoms with Crippen LogP contribution in [0, 0.1) is 0 Å². The minimum atomic E-state index is -0.691. The second-order valence-corrected chi connectivity index (χ2v) is 6.99. The van der Waals surface area contributed by atoms with Gasteiger partial charge in [-0.15, -0.1) is 0 Å². The highest BCUT2D eigenvalue weighted by molar-refractivity contribution is 6.35. The van der Waals surface area contributed by atoms with Gasteiger partial charge in [-0.05, 0) is 41.8 Å². The van der Waals surface area contributed by atoms with Crippen LogP contribution in [0.5, 0.6) is 0 Å². The number of hydrogen-bond acceptors (Lipinski definition) is 5. The fourth-order valence-corrected chi connectivity index (χ4v) is 3.60. The van der Waals surface area contributed by atoms with E-state index in [-0.39, 0.29) is 19.1 Å². The maximum atomic E-state index is 12.3. The molecular formula is C22H23N3O4.